The number of rotatable bonds is 7. The number of benzene rings is 3. The maximum absolute atomic E-state index is 12.5. The fourth-order valence-corrected chi connectivity index (χ4v) is 3.03. The van der Waals surface area contributed by atoms with Crippen LogP contribution in [0.1, 0.15) is 22.8 Å². The maximum atomic E-state index is 12.5. The Kier molecular flexibility index (Phi) is 6.32. The molecule has 3 rings (SSSR count). The van der Waals surface area contributed by atoms with E-state index in [2.05, 4.69) is 49.4 Å². The van der Waals surface area contributed by atoms with Crippen molar-refractivity contribution in [1.82, 2.24) is 4.90 Å². The number of nitrogens with zero attached hydrogens (tertiary/aromatic N) is 1. The van der Waals surface area contributed by atoms with E-state index in [-0.39, 0.29) is 5.97 Å². The number of likely N-dealkylation sites (N-methyl/N-ethyl adjacent to an activating group) is 1. The van der Waals surface area contributed by atoms with Gasteiger partial charge in [-0.2, -0.15) is 0 Å². The van der Waals surface area contributed by atoms with Crippen molar-refractivity contribution in [2.45, 2.75) is 13.8 Å². The molecule has 0 unspecified atom stereocenters. The van der Waals surface area contributed by atoms with E-state index in [1.54, 1.807) is 6.92 Å². The van der Waals surface area contributed by atoms with Crippen molar-refractivity contribution in [1.29, 1.82) is 0 Å². The lowest BCUT2D eigenvalue weighted by atomic mass is 9.99. The lowest BCUT2D eigenvalue weighted by Gasteiger charge is -2.15. The van der Waals surface area contributed by atoms with Gasteiger partial charge in [0, 0.05) is 6.54 Å². The third-order valence-corrected chi connectivity index (χ3v) is 4.61. The lowest BCUT2D eigenvalue weighted by Crippen LogP contribution is -2.20. The minimum atomic E-state index is -0.356. The number of carbonyl (C=O) groups is 1. The van der Waals surface area contributed by atoms with Gasteiger partial charge in [-0.15, -0.1) is 0 Å². The Balaban J connectivity index is 2.00. The highest BCUT2D eigenvalue weighted by molar-refractivity contribution is 5.99. The second kappa shape index (κ2) is 8.89. The standard InChI is InChI=1S/C24H27NO3/c1-5-27-24(26)22-15-21-14-19(18-8-6-17(2)7-9-18)10-11-20(21)16-23(22)28-13-12-25(3)4/h6-11,14-16H,5,12-13H2,1-4H3. The molecule has 0 heterocycles. The van der Waals surface area contributed by atoms with Crippen LogP contribution in [0.5, 0.6) is 5.75 Å². The summed E-state index contributed by atoms with van der Waals surface area (Å²) in [5.41, 5.74) is 3.96. The predicted molar refractivity (Wildman–Crippen MR) is 114 cm³/mol. The van der Waals surface area contributed by atoms with Gasteiger partial charge in [0.1, 0.15) is 17.9 Å². The Morgan fingerprint density at radius 1 is 0.929 bits per heavy atom. The average Bonchev–Trinajstić information content (AvgIpc) is 2.67. The molecule has 0 fully saturated rings. The van der Waals surface area contributed by atoms with E-state index in [1.807, 2.05) is 31.1 Å². The molecule has 0 bridgehead atoms. The van der Waals surface area contributed by atoms with E-state index >= 15 is 0 Å². The number of fused-ring (bicyclic) bond motifs is 1. The summed E-state index contributed by atoms with van der Waals surface area (Å²) in [6, 6.07) is 18.5. The van der Waals surface area contributed by atoms with E-state index in [0.717, 1.165) is 28.4 Å². The lowest BCUT2D eigenvalue weighted by molar-refractivity contribution is 0.0521. The summed E-state index contributed by atoms with van der Waals surface area (Å²) in [7, 11) is 3.98. The Labute approximate surface area is 166 Å². The number of aryl methyl sites for hydroxylation is 1. The zero-order chi connectivity index (χ0) is 20.1. The predicted octanol–water partition coefficient (Wildman–Crippen LogP) is 4.93. The molecular weight excluding hydrogens is 350 g/mol. The molecule has 0 N–H and O–H groups in total. The number of carbonyl (C=O) groups excluding carboxylic acids is 1. The minimum Gasteiger partial charge on any atom is -0.491 e. The molecule has 0 atom stereocenters. The van der Waals surface area contributed by atoms with E-state index in [0.29, 0.717) is 24.5 Å². The third-order valence-electron chi connectivity index (χ3n) is 4.61. The van der Waals surface area contributed by atoms with Crippen LogP contribution in [0.25, 0.3) is 21.9 Å². The highest BCUT2D eigenvalue weighted by Crippen LogP contribution is 2.30. The third kappa shape index (κ3) is 4.70. The van der Waals surface area contributed by atoms with Crippen LogP contribution in [-0.4, -0.2) is 44.7 Å². The Morgan fingerprint density at radius 2 is 1.64 bits per heavy atom. The van der Waals surface area contributed by atoms with E-state index < -0.39 is 0 Å². The molecule has 0 aliphatic carbocycles. The van der Waals surface area contributed by atoms with Crippen molar-refractivity contribution < 1.29 is 14.3 Å². The summed E-state index contributed by atoms with van der Waals surface area (Å²) >= 11 is 0. The highest BCUT2D eigenvalue weighted by atomic mass is 16.5. The Morgan fingerprint density at radius 3 is 2.32 bits per heavy atom. The van der Waals surface area contributed by atoms with Crippen LogP contribution in [0.4, 0.5) is 0 Å². The fraction of sp³-hybridized carbons (Fsp3) is 0.292. The molecular formula is C24H27NO3. The molecule has 3 aromatic rings. The van der Waals surface area contributed by atoms with Gasteiger partial charge in [0.05, 0.1) is 6.61 Å². The number of esters is 1. The normalized spacial score (nSPS) is 11.0. The second-order valence-corrected chi connectivity index (χ2v) is 7.15. The monoisotopic (exact) mass is 377 g/mol. The van der Waals surface area contributed by atoms with Crippen molar-refractivity contribution in [3.63, 3.8) is 0 Å². The van der Waals surface area contributed by atoms with Crippen LogP contribution in [0.15, 0.2) is 54.6 Å². The first-order valence-electron chi connectivity index (χ1n) is 9.57. The quantitative estimate of drug-likeness (QED) is 0.547. The van der Waals surface area contributed by atoms with Gasteiger partial charge in [-0.05, 0) is 68.0 Å². The molecule has 0 aromatic heterocycles. The van der Waals surface area contributed by atoms with Crippen LogP contribution in [-0.2, 0) is 4.74 Å². The number of hydrogen-bond acceptors (Lipinski definition) is 4. The molecule has 4 heteroatoms. The topological polar surface area (TPSA) is 38.8 Å². The molecule has 0 amide bonds. The Hall–Kier alpha value is -2.85. The summed E-state index contributed by atoms with van der Waals surface area (Å²) < 4.78 is 11.2. The van der Waals surface area contributed by atoms with Crippen molar-refractivity contribution in [2.24, 2.45) is 0 Å². The van der Waals surface area contributed by atoms with Gasteiger partial charge in [-0.1, -0.05) is 42.0 Å². The van der Waals surface area contributed by atoms with Gasteiger partial charge in [-0.25, -0.2) is 4.79 Å². The number of hydrogen-bond donors (Lipinski definition) is 0. The van der Waals surface area contributed by atoms with Crippen LogP contribution in [0.2, 0.25) is 0 Å². The molecule has 146 valence electrons. The first-order chi connectivity index (χ1) is 13.5. The Bertz CT molecular complexity index is 961. The smallest absolute Gasteiger partial charge is 0.341 e. The highest BCUT2D eigenvalue weighted by Gasteiger charge is 2.16. The first kappa shape index (κ1) is 19.9. The van der Waals surface area contributed by atoms with E-state index in [4.69, 9.17) is 9.47 Å². The molecule has 0 saturated heterocycles. The molecule has 0 aliphatic rings. The molecule has 4 nitrogen and oxygen atoms in total. The zero-order valence-electron chi connectivity index (χ0n) is 17.0. The largest absolute Gasteiger partial charge is 0.491 e. The fourth-order valence-electron chi connectivity index (χ4n) is 3.03. The molecule has 0 spiro atoms. The SMILES string of the molecule is CCOC(=O)c1cc2cc(-c3ccc(C)cc3)ccc2cc1OCCN(C)C. The van der Waals surface area contributed by atoms with Gasteiger partial charge in [0.15, 0.2) is 0 Å². The van der Waals surface area contributed by atoms with Crippen LogP contribution in [0, 0.1) is 6.92 Å². The van der Waals surface area contributed by atoms with Gasteiger partial charge >= 0.3 is 5.97 Å². The van der Waals surface area contributed by atoms with Crippen molar-refractivity contribution in [3.8, 4) is 16.9 Å². The van der Waals surface area contributed by atoms with Crippen LogP contribution in [0.3, 0.4) is 0 Å². The summed E-state index contributed by atoms with van der Waals surface area (Å²) in [5.74, 6) is 0.209. The van der Waals surface area contributed by atoms with Crippen molar-refractivity contribution in [3.05, 3.63) is 65.7 Å². The molecule has 3 aromatic carbocycles. The summed E-state index contributed by atoms with van der Waals surface area (Å²) in [6.45, 7) is 5.49. The van der Waals surface area contributed by atoms with E-state index in [1.165, 1.54) is 5.56 Å². The van der Waals surface area contributed by atoms with Crippen molar-refractivity contribution in [2.75, 3.05) is 33.9 Å². The van der Waals surface area contributed by atoms with Gasteiger partial charge in [0.25, 0.3) is 0 Å². The first-order valence-corrected chi connectivity index (χ1v) is 9.57. The minimum absolute atomic E-state index is 0.331. The molecule has 0 aliphatic heterocycles. The van der Waals surface area contributed by atoms with Gasteiger partial charge in [-0.3, -0.25) is 0 Å². The average molecular weight is 377 g/mol. The summed E-state index contributed by atoms with van der Waals surface area (Å²) in [4.78, 5) is 14.5. The zero-order valence-corrected chi connectivity index (χ0v) is 17.0. The summed E-state index contributed by atoms with van der Waals surface area (Å²) in [6.07, 6.45) is 0. The molecule has 0 radical (unpaired) electrons. The van der Waals surface area contributed by atoms with Crippen molar-refractivity contribution >= 4 is 16.7 Å². The molecule has 28 heavy (non-hydrogen) atoms. The van der Waals surface area contributed by atoms with Crippen LogP contribution >= 0.6 is 0 Å². The molecule has 0 saturated carbocycles. The number of ether oxygens (including phenoxy) is 2. The summed E-state index contributed by atoms with van der Waals surface area (Å²) in [5, 5.41) is 2.02. The second-order valence-electron chi connectivity index (χ2n) is 7.15. The van der Waals surface area contributed by atoms with Crippen LogP contribution < -0.4 is 4.74 Å². The van der Waals surface area contributed by atoms with Gasteiger partial charge < -0.3 is 14.4 Å². The van der Waals surface area contributed by atoms with Gasteiger partial charge in [0.2, 0.25) is 0 Å². The maximum Gasteiger partial charge on any atom is 0.341 e. The van der Waals surface area contributed by atoms with E-state index in [9.17, 15) is 4.79 Å².